The molecule has 2 aromatic heterocycles. The van der Waals surface area contributed by atoms with Crippen LogP contribution >= 0.6 is 11.3 Å². The highest BCUT2D eigenvalue weighted by atomic mass is 32.1. The molecule has 0 aromatic carbocycles. The largest absolute Gasteiger partial charge is 0.461 e. The van der Waals surface area contributed by atoms with Gasteiger partial charge in [0.15, 0.2) is 5.69 Å². The van der Waals surface area contributed by atoms with Crippen molar-refractivity contribution >= 4 is 17.3 Å². The SMILES string of the molecule is CCOC(=O)c1nc(C)sc1-c1ccn[nH]1. The van der Waals surface area contributed by atoms with Crippen molar-refractivity contribution in [3.8, 4) is 10.6 Å². The zero-order chi connectivity index (χ0) is 11.5. The van der Waals surface area contributed by atoms with Gasteiger partial charge < -0.3 is 4.74 Å². The van der Waals surface area contributed by atoms with Crippen LogP contribution in [0, 0.1) is 6.92 Å². The van der Waals surface area contributed by atoms with Gasteiger partial charge in [-0.1, -0.05) is 0 Å². The van der Waals surface area contributed by atoms with E-state index in [1.54, 1.807) is 19.2 Å². The number of hydrogen-bond acceptors (Lipinski definition) is 5. The van der Waals surface area contributed by atoms with Crippen molar-refractivity contribution in [2.75, 3.05) is 6.61 Å². The lowest BCUT2D eigenvalue weighted by Gasteiger charge is -1.99. The first-order chi connectivity index (χ1) is 7.72. The van der Waals surface area contributed by atoms with E-state index in [2.05, 4.69) is 15.2 Å². The molecule has 1 N–H and O–H groups in total. The van der Waals surface area contributed by atoms with Crippen LogP contribution in [-0.4, -0.2) is 27.8 Å². The smallest absolute Gasteiger partial charge is 0.358 e. The molecule has 2 heterocycles. The number of aryl methyl sites for hydroxylation is 1. The van der Waals surface area contributed by atoms with E-state index in [4.69, 9.17) is 4.74 Å². The van der Waals surface area contributed by atoms with Crippen molar-refractivity contribution in [2.45, 2.75) is 13.8 Å². The molecule has 0 spiro atoms. The maximum atomic E-state index is 11.7. The Morgan fingerprint density at radius 3 is 3.06 bits per heavy atom. The van der Waals surface area contributed by atoms with E-state index in [0.29, 0.717) is 12.3 Å². The second kappa shape index (κ2) is 4.44. The highest BCUT2D eigenvalue weighted by Crippen LogP contribution is 2.28. The average Bonchev–Trinajstić information content (AvgIpc) is 2.85. The van der Waals surface area contributed by atoms with Crippen LogP contribution in [0.4, 0.5) is 0 Å². The molecule has 16 heavy (non-hydrogen) atoms. The minimum Gasteiger partial charge on any atom is -0.461 e. The number of rotatable bonds is 3. The van der Waals surface area contributed by atoms with E-state index in [1.165, 1.54) is 11.3 Å². The minimum absolute atomic E-state index is 0.345. The van der Waals surface area contributed by atoms with Crippen molar-refractivity contribution in [1.82, 2.24) is 15.2 Å². The molecule has 0 aliphatic carbocycles. The lowest BCUT2D eigenvalue weighted by atomic mass is 10.3. The van der Waals surface area contributed by atoms with Crippen molar-refractivity contribution in [2.24, 2.45) is 0 Å². The zero-order valence-corrected chi connectivity index (χ0v) is 9.80. The van der Waals surface area contributed by atoms with Crippen LogP contribution in [0.15, 0.2) is 12.3 Å². The topological polar surface area (TPSA) is 67.9 Å². The Morgan fingerprint density at radius 2 is 2.44 bits per heavy atom. The van der Waals surface area contributed by atoms with E-state index >= 15 is 0 Å². The van der Waals surface area contributed by atoms with Gasteiger partial charge in [0.25, 0.3) is 0 Å². The molecule has 84 valence electrons. The summed E-state index contributed by atoms with van der Waals surface area (Å²) in [5.41, 5.74) is 1.14. The number of nitrogens with zero attached hydrogens (tertiary/aromatic N) is 2. The molecular weight excluding hydrogens is 226 g/mol. The maximum Gasteiger partial charge on any atom is 0.358 e. The molecule has 0 radical (unpaired) electrons. The summed E-state index contributed by atoms with van der Waals surface area (Å²) in [5.74, 6) is -0.392. The molecule has 0 fully saturated rings. The first kappa shape index (κ1) is 10.8. The van der Waals surface area contributed by atoms with E-state index in [-0.39, 0.29) is 0 Å². The van der Waals surface area contributed by atoms with Gasteiger partial charge in [-0.15, -0.1) is 11.3 Å². The summed E-state index contributed by atoms with van der Waals surface area (Å²) in [4.78, 5) is 16.6. The fourth-order valence-corrected chi connectivity index (χ4v) is 2.21. The second-order valence-electron chi connectivity index (χ2n) is 3.10. The summed E-state index contributed by atoms with van der Waals surface area (Å²) in [6.45, 7) is 3.97. The molecule has 6 heteroatoms. The Bertz CT molecular complexity index is 490. The van der Waals surface area contributed by atoms with Crippen LogP contribution in [0.2, 0.25) is 0 Å². The maximum absolute atomic E-state index is 11.7. The molecule has 0 saturated carbocycles. The van der Waals surface area contributed by atoms with Crippen molar-refractivity contribution in [3.05, 3.63) is 23.0 Å². The van der Waals surface area contributed by atoms with Crippen LogP contribution in [-0.2, 0) is 4.74 Å². The standard InChI is InChI=1S/C10H11N3O2S/c1-3-15-10(14)8-9(16-6(2)12-8)7-4-5-11-13-7/h4-5H,3H2,1-2H3,(H,11,13). The number of carbonyl (C=O) groups excluding carboxylic acids is 1. The summed E-state index contributed by atoms with van der Waals surface area (Å²) < 4.78 is 4.95. The summed E-state index contributed by atoms with van der Waals surface area (Å²) in [5, 5.41) is 7.50. The lowest BCUT2D eigenvalue weighted by Crippen LogP contribution is -2.06. The Labute approximate surface area is 96.5 Å². The van der Waals surface area contributed by atoms with Gasteiger partial charge in [0.1, 0.15) is 0 Å². The average molecular weight is 237 g/mol. The van der Waals surface area contributed by atoms with Gasteiger partial charge in [-0.05, 0) is 19.9 Å². The predicted molar refractivity (Wildman–Crippen MR) is 60.4 cm³/mol. The van der Waals surface area contributed by atoms with Gasteiger partial charge >= 0.3 is 5.97 Å². The molecule has 0 unspecified atom stereocenters. The number of aromatic amines is 1. The van der Waals surface area contributed by atoms with Crippen LogP contribution in [0.5, 0.6) is 0 Å². The fourth-order valence-electron chi connectivity index (χ4n) is 1.33. The Morgan fingerprint density at radius 1 is 1.62 bits per heavy atom. The van der Waals surface area contributed by atoms with Gasteiger partial charge in [-0.25, -0.2) is 9.78 Å². The highest BCUT2D eigenvalue weighted by Gasteiger charge is 2.19. The third-order valence-corrected chi connectivity index (χ3v) is 2.95. The number of esters is 1. The van der Waals surface area contributed by atoms with E-state index in [0.717, 1.165) is 15.6 Å². The molecular formula is C10H11N3O2S. The van der Waals surface area contributed by atoms with Crippen LogP contribution in [0.1, 0.15) is 22.4 Å². The first-order valence-corrected chi connectivity index (χ1v) is 5.68. The molecule has 0 aliphatic heterocycles. The molecule has 2 aromatic rings. The molecule has 0 amide bonds. The number of thiazole rings is 1. The van der Waals surface area contributed by atoms with E-state index in [1.807, 2.05) is 6.92 Å². The molecule has 0 saturated heterocycles. The number of ether oxygens (including phenoxy) is 1. The third-order valence-electron chi connectivity index (χ3n) is 1.95. The first-order valence-electron chi connectivity index (χ1n) is 4.86. The lowest BCUT2D eigenvalue weighted by molar-refractivity contribution is 0.0521. The summed E-state index contributed by atoms with van der Waals surface area (Å²) in [6.07, 6.45) is 1.64. The van der Waals surface area contributed by atoms with Crippen LogP contribution in [0.25, 0.3) is 10.6 Å². The summed E-state index contributed by atoms with van der Waals surface area (Å²) in [6, 6.07) is 1.80. The second-order valence-corrected chi connectivity index (χ2v) is 4.30. The van der Waals surface area contributed by atoms with Gasteiger partial charge in [0.2, 0.25) is 0 Å². The van der Waals surface area contributed by atoms with Crippen LogP contribution < -0.4 is 0 Å². The van der Waals surface area contributed by atoms with Crippen LogP contribution in [0.3, 0.4) is 0 Å². The number of H-pyrrole nitrogens is 1. The van der Waals surface area contributed by atoms with Crippen molar-refractivity contribution in [3.63, 3.8) is 0 Å². The molecule has 2 rings (SSSR count). The predicted octanol–water partition coefficient (Wildman–Crippen LogP) is 2.02. The van der Waals surface area contributed by atoms with Crippen molar-refractivity contribution < 1.29 is 9.53 Å². The summed E-state index contributed by atoms with van der Waals surface area (Å²) >= 11 is 1.44. The number of carbonyl (C=O) groups is 1. The minimum atomic E-state index is -0.392. The van der Waals surface area contributed by atoms with Gasteiger partial charge in [-0.2, -0.15) is 5.10 Å². The Kier molecular flexibility index (Phi) is 3.00. The number of aromatic nitrogens is 3. The molecule has 0 atom stereocenters. The van der Waals surface area contributed by atoms with E-state index in [9.17, 15) is 4.79 Å². The molecule has 0 bridgehead atoms. The fraction of sp³-hybridized carbons (Fsp3) is 0.300. The van der Waals surface area contributed by atoms with Crippen molar-refractivity contribution in [1.29, 1.82) is 0 Å². The quantitative estimate of drug-likeness (QED) is 0.829. The van der Waals surface area contributed by atoms with Gasteiger partial charge in [0, 0.05) is 6.20 Å². The number of hydrogen-bond donors (Lipinski definition) is 1. The molecule has 5 nitrogen and oxygen atoms in total. The number of nitrogens with one attached hydrogen (secondary N) is 1. The Hall–Kier alpha value is -1.69. The zero-order valence-electron chi connectivity index (χ0n) is 8.98. The monoisotopic (exact) mass is 237 g/mol. The Balaban J connectivity index is 2.42. The van der Waals surface area contributed by atoms with E-state index < -0.39 is 5.97 Å². The van der Waals surface area contributed by atoms with Gasteiger partial charge in [0.05, 0.1) is 22.2 Å². The summed E-state index contributed by atoms with van der Waals surface area (Å²) in [7, 11) is 0. The third kappa shape index (κ3) is 1.96. The molecule has 0 aliphatic rings. The van der Waals surface area contributed by atoms with Gasteiger partial charge in [-0.3, -0.25) is 5.10 Å². The normalized spacial score (nSPS) is 10.4. The highest BCUT2D eigenvalue weighted by molar-refractivity contribution is 7.15.